The van der Waals surface area contributed by atoms with E-state index in [1.165, 1.54) is 0 Å². The standard InChI is InChI=1S/C12H13NO3S2/c1-8-2-4-9(5-3-8)13-10-6-18(15,16)7-11(10)17-12(13)14/h2-5,10-11H,6-7H2,1H3/t10-,11+/m0/s1. The number of carbonyl (C=O) groups excluding carboxylic acids is 1. The lowest BCUT2D eigenvalue weighted by Crippen LogP contribution is -2.36. The van der Waals surface area contributed by atoms with Crippen LogP contribution in [0.3, 0.4) is 0 Å². The molecule has 3 rings (SSSR count). The maximum Gasteiger partial charge on any atom is 0.286 e. The van der Waals surface area contributed by atoms with Crippen LogP contribution in [0.25, 0.3) is 0 Å². The predicted molar refractivity (Wildman–Crippen MR) is 72.9 cm³/mol. The molecule has 0 radical (unpaired) electrons. The molecular weight excluding hydrogens is 270 g/mol. The monoisotopic (exact) mass is 283 g/mol. The highest BCUT2D eigenvalue weighted by Crippen LogP contribution is 2.40. The minimum absolute atomic E-state index is 0.0382. The van der Waals surface area contributed by atoms with E-state index in [1.54, 1.807) is 4.90 Å². The molecule has 0 unspecified atom stereocenters. The highest BCUT2D eigenvalue weighted by Gasteiger charge is 2.50. The molecule has 0 aromatic heterocycles. The molecule has 1 amide bonds. The first kappa shape index (κ1) is 12.0. The average Bonchev–Trinajstić information content (AvgIpc) is 2.70. The van der Waals surface area contributed by atoms with E-state index in [4.69, 9.17) is 0 Å². The van der Waals surface area contributed by atoms with Crippen LogP contribution in [0.5, 0.6) is 0 Å². The minimum Gasteiger partial charge on any atom is -0.298 e. The third-order valence-corrected chi connectivity index (χ3v) is 6.47. The van der Waals surface area contributed by atoms with Crippen LogP contribution in [0.15, 0.2) is 24.3 Å². The summed E-state index contributed by atoms with van der Waals surface area (Å²) in [7, 11) is -2.99. The number of rotatable bonds is 1. The number of hydrogen-bond donors (Lipinski definition) is 0. The zero-order valence-corrected chi connectivity index (χ0v) is 11.5. The summed E-state index contributed by atoms with van der Waals surface area (Å²) in [4.78, 5) is 13.6. The number of benzene rings is 1. The fourth-order valence-electron chi connectivity index (χ4n) is 2.47. The SMILES string of the molecule is Cc1ccc(N2C(=O)S[C@@H]3CS(=O)(=O)C[C@@H]32)cc1. The topological polar surface area (TPSA) is 54.5 Å². The molecule has 4 nitrogen and oxygen atoms in total. The maximum absolute atomic E-state index is 12.0. The van der Waals surface area contributed by atoms with Crippen molar-refractivity contribution in [1.29, 1.82) is 0 Å². The zero-order valence-electron chi connectivity index (χ0n) is 9.87. The lowest BCUT2D eigenvalue weighted by atomic mass is 10.1. The predicted octanol–water partition coefficient (Wildman–Crippen LogP) is 1.83. The second kappa shape index (κ2) is 3.99. The van der Waals surface area contributed by atoms with Crippen molar-refractivity contribution in [3.8, 4) is 0 Å². The summed E-state index contributed by atoms with van der Waals surface area (Å²) >= 11 is 1.15. The van der Waals surface area contributed by atoms with E-state index in [9.17, 15) is 13.2 Å². The van der Waals surface area contributed by atoms with Crippen molar-refractivity contribution in [1.82, 2.24) is 0 Å². The first-order valence-electron chi connectivity index (χ1n) is 5.73. The van der Waals surface area contributed by atoms with Gasteiger partial charge in [-0.3, -0.25) is 9.69 Å². The van der Waals surface area contributed by atoms with Gasteiger partial charge < -0.3 is 0 Å². The molecule has 0 saturated carbocycles. The van der Waals surface area contributed by atoms with Crippen molar-refractivity contribution in [3.05, 3.63) is 29.8 Å². The molecule has 6 heteroatoms. The van der Waals surface area contributed by atoms with Gasteiger partial charge in [0.2, 0.25) is 0 Å². The van der Waals surface area contributed by atoms with Crippen molar-refractivity contribution in [2.75, 3.05) is 16.4 Å². The van der Waals surface area contributed by atoms with Crippen molar-refractivity contribution in [3.63, 3.8) is 0 Å². The maximum atomic E-state index is 12.0. The van der Waals surface area contributed by atoms with Crippen LogP contribution >= 0.6 is 11.8 Å². The molecule has 2 atom stereocenters. The summed E-state index contributed by atoms with van der Waals surface area (Å²) in [6.45, 7) is 1.98. The number of nitrogens with zero attached hydrogens (tertiary/aromatic N) is 1. The van der Waals surface area contributed by atoms with Crippen molar-refractivity contribution in [2.24, 2.45) is 0 Å². The number of aryl methyl sites for hydroxylation is 1. The summed E-state index contributed by atoms with van der Waals surface area (Å²) in [6, 6.07) is 7.42. The largest absolute Gasteiger partial charge is 0.298 e. The Labute approximate surface area is 110 Å². The van der Waals surface area contributed by atoms with Crippen molar-refractivity contribution in [2.45, 2.75) is 18.2 Å². The Balaban J connectivity index is 1.96. The van der Waals surface area contributed by atoms with Gasteiger partial charge >= 0.3 is 0 Å². The second-order valence-corrected chi connectivity index (χ2v) is 8.12. The van der Waals surface area contributed by atoms with Crippen LogP contribution in [0.1, 0.15) is 5.56 Å². The molecule has 2 aliphatic rings. The molecule has 1 aromatic rings. The van der Waals surface area contributed by atoms with E-state index < -0.39 is 9.84 Å². The van der Waals surface area contributed by atoms with Gasteiger partial charge in [0.15, 0.2) is 9.84 Å². The summed E-state index contributed by atoms with van der Waals surface area (Å²) in [6.07, 6.45) is 0. The highest BCUT2D eigenvalue weighted by molar-refractivity contribution is 8.15. The fraction of sp³-hybridized carbons (Fsp3) is 0.417. The molecule has 0 aliphatic carbocycles. The van der Waals surface area contributed by atoms with Crippen LogP contribution < -0.4 is 4.90 Å². The van der Waals surface area contributed by atoms with Gasteiger partial charge in [-0.05, 0) is 19.1 Å². The van der Waals surface area contributed by atoms with Gasteiger partial charge in [-0.25, -0.2) is 8.42 Å². The third-order valence-electron chi connectivity index (χ3n) is 3.36. The minimum atomic E-state index is -2.99. The molecule has 1 aromatic carbocycles. The molecule has 0 bridgehead atoms. The summed E-state index contributed by atoms with van der Waals surface area (Å²) in [5.41, 5.74) is 1.91. The first-order chi connectivity index (χ1) is 8.46. The van der Waals surface area contributed by atoms with Gasteiger partial charge in [0.1, 0.15) is 0 Å². The molecule has 2 aliphatic heterocycles. The number of carbonyl (C=O) groups is 1. The van der Waals surface area contributed by atoms with E-state index in [-0.39, 0.29) is 28.0 Å². The fourth-order valence-corrected chi connectivity index (χ4v) is 6.24. The molecule has 2 saturated heterocycles. The third kappa shape index (κ3) is 1.93. The molecule has 96 valence electrons. The van der Waals surface area contributed by atoms with Crippen molar-refractivity contribution < 1.29 is 13.2 Å². The molecule has 2 fully saturated rings. The Bertz CT molecular complexity index is 594. The number of fused-ring (bicyclic) bond motifs is 1. The number of hydrogen-bond acceptors (Lipinski definition) is 4. The van der Waals surface area contributed by atoms with Crippen LogP contribution in [-0.2, 0) is 9.84 Å². The van der Waals surface area contributed by atoms with Gasteiger partial charge in [-0.2, -0.15) is 0 Å². The average molecular weight is 283 g/mol. The number of sulfone groups is 1. The molecular formula is C12H13NO3S2. The lowest BCUT2D eigenvalue weighted by Gasteiger charge is -2.22. The van der Waals surface area contributed by atoms with E-state index in [0.717, 1.165) is 23.0 Å². The van der Waals surface area contributed by atoms with E-state index in [0.29, 0.717) is 0 Å². The highest BCUT2D eigenvalue weighted by atomic mass is 32.2. The van der Waals surface area contributed by atoms with Gasteiger partial charge in [0.25, 0.3) is 5.24 Å². The van der Waals surface area contributed by atoms with E-state index >= 15 is 0 Å². The van der Waals surface area contributed by atoms with Crippen LogP contribution in [-0.4, -0.2) is 36.5 Å². The molecule has 0 spiro atoms. The van der Waals surface area contributed by atoms with Crippen LogP contribution in [0.2, 0.25) is 0 Å². The Hall–Kier alpha value is -1.01. The van der Waals surface area contributed by atoms with E-state index in [2.05, 4.69) is 0 Å². The van der Waals surface area contributed by atoms with Crippen LogP contribution in [0.4, 0.5) is 10.5 Å². The van der Waals surface area contributed by atoms with Gasteiger partial charge in [0.05, 0.1) is 22.8 Å². The normalized spacial score (nSPS) is 29.6. The zero-order chi connectivity index (χ0) is 12.9. The van der Waals surface area contributed by atoms with Gasteiger partial charge in [0, 0.05) is 5.69 Å². The molecule has 18 heavy (non-hydrogen) atoms. The van der Waals surface area contributed by atoms with Crippen LogP contribution in [0, 0.1) is 6.92 Å². The smallest absolute Gasteiger partial charge is 0.286 e. The summed E-state index contributed by atoms with van der Waals surface area (Å²) in [5.74, 6) is 0.209. The first-order valence-corrected chi connectivity index (χ1v) is 8.43. The Morgan fingerprint density at radius 1 is 1.22 bits per heavy atom. The van der Waals surface area contributed by atoms with Gasteiger partial charge in [-0.15, -0.1) is 0 Å². The number of anilines is 1. The summed E-state index contributed by atoms with van der Waals surface area (Å²) in [5, 5.41) is -0.146. The Morgan fingerprint density at radius 3 is 2.56 bits per heavy atom. The summed E-state index contributed by atoms with van der Waals surface area (Å²) < 4.78 is 23.3. The number of amides is 1. The molecule has 2 heterocycles. The number of thioether (sulfide) groups is 1. The lowest BCUT2D eigenvalue weighted by molar-refractivity contribution is 0.265. The Morgan fingerprint density at radius 2 is 1.89 bits per heavy atom. The quantitative estimate of drug-likeness (QED) is 0.789. The van der Waals surface area contributed by atoms with Gasteiger partial charge in [-0.1, -0.05) is 29.5 Å². The second-order valence-electron chi connectivity index (χ2n) is 4.77. The van der Waals surface area contributed by atoms with E-state index in [1.807, 2.05) is 31.2 Å². The molecule has 0 N–H and O–H groups in total. The Kier molecular flexibility index (Phi) is 2.67. The van der Waals surface area contributed by atoms with Crippen molar-refractivity contribution >= 4 is 32.5 Å².